The van der Waals surface area contributed by atoms with E-state index in [2.05, 4.69) is 10.6 Å². The van der Waals surface area contributed by atoms with Crippen LogP contribution in [0, 0.1) is 24.2 Å². The van der Waals surface area contributed by atoms with Gasteiger partial charge in [-0.15, -0.1) is 11.3 Å². The molecule has 8 heteroatoms. The van der Waals surface area contributed by atoms with Crippen molar-refractivity contribution >= 4 is 34.1 Å². The number of ether oxygens (including phenoxy) is 1. The lowest BCUT2D eigenvalue weighted by Crippen LogP contribution is -2.47. The molecule has 1 heterocycles. The fraction of sp³-hybridized carbons (Fsp3) is 0.333. The molecule has 152 valence electrons. The van der Waals surface area contributed by atoms with E-state index in [1.807, 2.05) is 25.1 Å². The second kappa shape index (κ2) is 9.85. The van der Waals surface area contributed by atoms with Gasteiger partial charge in [-0.3, -0.25) is 9.59 Å². The number of nitrogens with one attached hydrogen (secondary N) is 2. The molecule has 0 aliphatic carbocycles. The summed E-state index contributed by atoms with van der Waals surface area (Å²) >= 11 is 1.21. The molecule has 2 N–H and O–H groups in total. The van der Waals surface area contributed by atoms with E-state index < -0.39 is 24.0 Å². The number of aryl methyl sites for hydroxylation is 1. The van der Waals surface area contributed by atoms with E-state index in [0.717, 1.165) is 5.56 Å². The minimum absolute atomic E-state index is 0.242. The van der Waals surface area contributed by atoms with E-state index in [4.69, 9.17) is 10.00 Å². The standard InChI is InChI=1S/C21H23N3O4S/c1-12(2)17(23-19(26)16-8-6-5-7-13(16)3)21(27)28-14(4)18(25)24-20-15(11-22)9-10-29-20/h5-10,12,14,17H,1-4H3,(H,23,26)(H,24,25)/t14-,17+/m1/s1. The van der Waals surface area contributed by atoms with Crippen molar-refractivity contribution in [3.63, 3.8) is 0 Å². The van der Waals surface area contributed by atoms with Gasteiger partial charge in [-0.2, -0.15) is 5.26 Å². The molecule has 0 radical (unpaired) electrons. The van der Waals surface area contributed by atoms with E-state index in [1.54, 1.807) is 37.4 Å². The van der Waals surface area contributed by atoms with Gasteiger partial charge in [-0.25, -0.2) is 4.79 Å². The minimum atomic E-state index is -1.09. The summed E-state index contributed by atoms with van der Waals surface area (Å²) in [6, 6.07) is 9.72. The number of esters is 1. The fourth-order valence-electron chi connectivity index (χ4n) is 2.55. The minimum Gasteiger partial charge on any atom is -0.451 e. The third-order valence-electron chi connectivity index (χ3n) is 4.28. The summed E-state index contributed by atoms with van der Waals surface area (Å²) in [6.07, 6.45) is -1.09. The van der Waals surface area contributed by atoms with Gasteiger partial charge >= 0.3 is 5.97 Å². The zero-order chi connectivity index (χ0) is 21.6. The van der Waals surface area contributed by atoms with E-state index in [9.17, 15) is 14.4 Å². The summed E-state index contributed by atoms with van der Waals surface area (Å²) in [7, 11) is 0. The molecular weight excluding hydrogens is 390 g/mol. The molecule has 0 aliphatic heterocycles. The number of anilines is 1. The summed E-state index contributed by atoms with van der Waals surface area (Å²) in [6.45, 7) is 6.80. The Kier molecular flexibility index (Phi) is 7.51. The predicted molar refractivity (Wildman–Crippen MR) is 110 cm³/mol. The summed E-state index contributed by atoms with van der Waals surface area (Å²) < 4.78 is 5.28. The molecule has 0 saturated carbocycles. The van der Waals surface area contributed by atoms with Crippen molar-refractivity contribution in [1.82, 2.24) is 5.32 Å². The van der Waals surface area contributed by atoms with Crippen LogP contribution in [0.15, 0.2) is 35.7 Å². The van der Waals surface area contributed by atoms with Crippen molar-refractivity contribution in [2.45, 2.75) is 39.8 Å². The molecule has 0 fully saturated rings. The Bertz CT molecular complexity index is 945. The van der Waals surface area contributed by atoms with Crippen LogP contribution in [-0.4, -0.2) is 29.9 Å². The number of rotatable bonds is 7. The van der Waals surface area contributed by atoms with Crippen LogP contribution in [0.3, 0.4) is 0 Å². The summed E-state index contributed by atoms with van der Waals surface area (Å²) in [5.74, 6) is -1.87. The van der Waals surface area contributed by atoms with Gasteiger partial charge < -0.3 is 15.4 Å². The average Bonchev–Trinajstić information content (AvgIpc) is 3.12. The highest BCUT2D eigenvalue weighted by Gasteiger charge is 2.29. The molecule has 1 aromatic heterocycles. The first-order chi connectivity index (χ1) is 13.7. The molecule has 0 saturated heterocycles. The highest BCUT2D eigenvalue weighted by atomic mass is 32.1. The Hall–Kier alpha value is -3.18. The molecule has 2 amide bonds. The Labute approximate surface area is 173 Å². The number of hydrogen-bond donors (Lipinski definition) is 2. The number of thiophene rings is 1. The van der Waals surface area contributed by atoms with Crippen molar-refractivity contribution in [2.75, 3.05) is 5.32 Å². The maximum absolute atomic E-state index is 12.6. The van der Waals surface area contributed by atoms with Crippen LogP contribution < -0.4 is 10.6 Å². The van der Waals surface area contributed by atoms with E-state index in [0.29, 0.717) is 16.1 Å². The number of carbonyl (C=O) groups is 3. The van der Waals surface area contributed by atoms with Crippen LogP contribution in [0.1, 0.15) is 42.3 Å². The summed E-state index contributed by atoms with van der Waals surface area (Å²) in [4.78, 5) is 37.5. The van der Waals surface area contributed by atoms with Gasteiger partial charge in [-0.1, -0.05) is 32.0 Å². The van der Waals surface area contributed by atoms with Crippen LogP contribution in [0.25, 0.3) is 0 Å². The molecule has 2 rings (SSSR count). The van der Waals surface area contributed by atoms with Gasteiger partial charge in [0.2, 0.25) is 0 Å². The molecule has 2 aromatic rings. The molecule has 0 bridgehead atoms. The van der Waals surface area contributed by atoms with Crippen LogP contribution in [0.2, 0.25) is 0 Å². The van der Waals surface area contributed by atoms with Gasteiger partial charge in [0.05, 0.1) is 5.56 Å². The van der Waals surface area contributed by atoms with Crippen molar-refractivity contribution in [2.24, 2.45) is 5.92 Å². The maximum atomic E-state index is 12.6. The van der Waals surface area contributed by atoms with Crippen LogP contribution in [0.4, 0.5) is 5.00 Å². The van der Waals surface area contributed by atoms with E-state index in [1.165, 1.54) is 18.3 Å². The Morgan fingerprint density at radius 1 is 1.14 bits per heavy atom. The summed E-state index contributed by atoms with van der Waals surface area (Å²) in [5.41, 5.74) is 1.60. The highest BCUT2D eigenvalue weighted by molar-refractivity contribution is 7.14. The molecule has 0 unspecified atom stereocenters. The average molecular weight is 413 g/mol. The Morgan fingerprint density at radius 2 is 1.83 bits per heavy atom. The molecule has 7 nitrogen and oxygen atoms in total. The van der Waals surface area contributed by atoms with E-state index >= 15 is 0 Å². The molecular formula is C21H23N3O4S. The smallest absolute Gasteiger partial charge is 0.329 e. The highest BCUT2D eigenvalue weighted by Crippen LogP contribution is 2.22. The monoisotopic (exact) mass is 413 g/mol. The van der Waals surface area contributed by atoms with Crippen molar-refractivity contribution in [1.29, 1.82) is 5.26 Å². The van der Waals surface area contributed by atoms with Gasteiger partial charge in [0.1, 0.15) is 17.1 Å². The lowest BCUT2D eigenvalue weighted by atomic mass is 10.0. The van der Waals surface area contributed by atoms with Gasteiger partial charge in [-0.05, 0) is 42.8 Å². The first kappa shape index (κ1) is 22.1. The number of carbonyl (C=O) groups excluding carboxylic acids is 3. The van der Waals surface area contributed by atoms with Gasteiger partial charge in [0.25, 0.3) is 11.8 Å². The fourth-order valence-corrected chi connectivity index (χ4v) is 3.29. The number of benzene rings is 1. The lowest BCUT2D eigenvalue weighted by Gasteiger charge is -2.23. The summed E-state index contributed by atoms with van der Waals surface area (Å²) in [5, 5.41) is 16.4. The lowest BCUT2D eigenvalue weighted by molar-refractivity contribution is -0.156. The van der Waals surface area contributed by atoms with Crippen LogP contribution >= 0.6 is 11.3 Å². The Morgan fingerprint density at radius 3 is 2.45 bits per heavy atom. The molecule has 1 aromatic carbocycles. The van der Waals surface area contributed by atoms with Gasteiger partial charge in [0.15, 0.2) is 6.10 Å². The van der Waals surface area contributed by atoms with Crippen molar-refractivity contribution in [3.05, 3.63) is 52.4 Å². The second-order valence-corrected chi connectivity index (χ2v) is 7.77. The first-order valence-corrected chi connectivity index (χ1v) is 9.98. The molecule has 29 heavy (non-hydrogen) atoms. The third-order valence-corrected chi connectivity index (χ3v) is 5.11. The second-order valence-electron chi connectivity index (χ2n) is 6.85. The van der Waals surface area contributed by atoms with E-state index in [-0.39, 0.29) is 11.8 Å². The number of nitrogens with zero attached hydrogens (tertiary/aromatic N) is 1. The third kappa shape index (κ3) is 5.65. The SMILES string of the molecule is Cc1ccccc1C(=O)N[C@H](C(=O)O[C@H](C)C(=O)Nc1sccc1C#N)C(C)C. The van der Waals surface area contributed by atoms with Crippen LogP contribution in [-0.2, 0) is 14.3 Å². The molecule has 0 spiro atoms. The van der Waals surface area contributed by atoms with Gasteiger partial charge in [0, 0.05) is 5.56 Å². The van der Waals surface area contributed by atoms with Crippen molar-refractivity contribution in [3.8, 4) is 6.07 Å². The predicted octanol–water partition coefficient (Wildman–Crippen LogP) is 3.25. The topological polar surface area (TPSA) is 108 Å². The normalized spacial score (nSPS) is 12.6. The van der Waals surface area contributed by atoms with Crippen LogP contribution in [0.5, 0.6) is 0 Å². The van der Waals surface area contributed by atoms with Crippen molar-refractivity contribution < 1.29 is 19.1 Å². The maximum Gasteiger partial charge on any atom is 0.329 e. The molecule has 0 aliphatic rings. The Balaban J connectivity index is 2.03. The largest absolute Gasteiger partial charge is 0.451 e. The number of amides is 2. The zero-order valence-corrected chi connectivity index (χ0v) is 17.5. The number of nitriles is 1. The molecule has 2 atom stereocenters. The number of hydrogen-bond acceptors (Lipinski definition) is 6. The first-order valence-electron chi connectivity index (χ1n) is 9.10. The quantitative estimate of drug-likeness (QED) is 0.678. The zero-order valence-electron chi connectivity index (χ0n) is 16.7.